The molecular formula is C23H24ClF4N5O2S. The maximum absolute atomic E-state index is 13.8. The minimum absolute atomic E-state index is 0. The molecule has 4 rings (SSSR count). The fraction of sp³-hybridized carbons (Fsp3) is 0.304. The van der Waals surface area contributed by atoms with E-state index in [4.69, 9.17) is 0 Å². The molecule has 3 aromatic rings. The Bertz CT molecular complexity index is 1350. The highest BCUT2D eigenvalue weighted by Gasteiger charge is 2.35. The monoisotopic (exact) mass is 545 g/mol. The van der Waals surface area contributed by atoms with E-state index >= 15 is 0 Å². The van der Waals surface area contributed by atoms with Crippen LogP contribution in [0.25, 0.3) is 11.3 Å². The first-order valence-electron chi connectivity index (χ1n) is 10.8. The number of aryl methyl sites for hydroxylation is 1. The lowest BCUT2D eigenvalue weighted by molar-refractivity contribution is -0.137. The van der Waals surface area contributed by atoms with Crippen LogP contribution in [0.2, 0.25) is 0 Å². The number of hydrogen-bond donors (Lipinski definition) is 2. The molecule has 1 saturated heterocycles. The van der Waals surface area contributed by atoms with Crippen molar-refractivity contribution in [1.29, 1.82) is 0 Å². The summed E-state index contributed by atoms with van der Waals surface area (Å²) in [6.45, 7) is 5.52. The van der Waals surface area contributed by atoms with E-state index in [1.807, 2.05) is 11.8 Å². The van der Waals surface area contributed by atoms with Gasteiger partial charge in [-0.05, 0) is 55.8 Å². The van der Waals surface area contributed by atoms with E-state index in [1.54, 1.807) is 12.1 Å². The number of anilines is 2. The van der Waals surface area contributed by atoms with E-state index < -0.39 is 33.3 Å². The quantitative estimate of drug-likeness (QED) is 0.455. The van der Waals surface area contributed by atoms with Crippen molar-refractivity contribution in [2.24, 2.45) is 0 Å². The van der Waals surface area contributed by atoms with Crippen LogP contribution in [0, 0.1) is 12.7 Å². The number of nitrogens with one attached hydrogen (secondary N) is 2. The molecule has 1 unspecified atom stereocenters. The number of alkyl halides is 3. The molecule has 1 atom stereocenters. The van der Waals surface area contributed by atoms with Gasteiger partial charge in [0.05, 0.1) is 11.3 Å². The number of rotatable bonds is 5. The summed E-state index contributed by atoms with van der Waals surface area (Å²) in [6, 6.07) is 9.75. The van der Waals surface area contributed by atoms with E-state index in [2.05, 4.69) is 20.0 Å². The van der Waals surface area contributed by atoms with Crippen molar-refractivity contribution in [3.05, 3.63) is 65.5 Å². The Kier molecular flexibility index (Phi) is 8.11. The Balaban J connectivity index is 0.00000361. The number of pyridine rings is 2. The van der Waals surface area contributed by atoms with Crippen molar-refractivity contribution >= 4 is 34.1 Å². The van der Waals surface area contributed by atoms with Crippen molar-refractivity contribution < 1.29 is 26.0 Å². The number of halogens is 5. The first-order chi connectivity index (χ1) is 16.4. The van der Waals surface area contributed by atoms with Gasteiger partial charge in [0.2, 0.25) is 0 Å². The summed E-state index contributed by atoms with van der Waals surface area (Å²) >= 11 is 0. The van der Waals surface area contributed by atoms with Gasteiger partial charge in [-0.3, -0.25) is 4.72 Å². The topological polar surface area (TPSA) is 87.2 Å². The molecule has 0 bridgehead atoms. The number of benzene rings is 1. The van der Waals surface area contributed by atoms with Crippen LogP contribution in [-0.4, -0.2) is 44.1 Å². The van der Waals surface area contributed by atoms with Crippen LogP contribution >= 0.6 is 12.4 Å². The van der Waals surface area contributed by atoms with Crippen molar-refractivity contribution in [3.8, 4) is 11.3 Å². The molecule has 0 aliphatic carbocycles. The highest BCUT2D eigenvalue weighted by Crippen LogP contribution is 2.38. The maximum Gasteiger partial charge on any atom is 0.418 e. The summed E-state index contributed by atoms with van der Waals surface area (Å²) in [4.78, 5) is 10.1. The molecule has 3 heterocycles. The Labute approximate surface area is 212 Å². The lowest BCUT2D eigenvalue weighted by atomic mass is 10.0. The van der Waals surface area contributed by atoms with E-state index in [-0.39, 0.29) is 34.9 Å². The summed E-state index contributed by atoms with van der Waals surface area (Å²) < 4.78 is 83.1. The molecule has 0 saturated carbocycles. The minimum atomic E-state index is -4.78. The van der Waals surface area contributed by atoms with E-state index in [1.165, 1.54) is 19.1 Å². The third kappa shape index (κ3) is 6.05. The molecule has 2 N–H and O–H groups in total. The molecule has 7 nitrogen and oxygen atoms in total. The zero-order valence-electron chi connectivity index (χ0n) is 19.3. The largest absolute Gasteiger partial charge is 0.418 e. The minimum Gasteiger partial charge on any atom is -0.354 e. The predicted molar refractivity (Wildman–Crippen MR) is 131 cm³/mol. The van der Waals surface area contributed by atoms with Gasteiger partial charge in [-0.25, -0.2) is 14.4 Å². The lowest BCUT2D eigenvalue weighted by Crippen LogP contribution is -2.49. The molecule has 36 heavy (non-hydrogen) atoms. The first kappa shape index (κ1) is 27.6. The lowest BCUT2D eigenvalue weighted by Gasteiger charge is -2.32. The molecule has 1 aromatic carbocycles. The second kappa shape index (κ2) is 10.6. The van der Waals surface area contributed by atoms with Crippen LogP contribution < -0.4 is 14.9 Å². The number of sulfonamides is 1. The second-order valence-electron chi connectivity index (χ2n) is 8.29. The van der Waals surface area contributed by atoms with Gasteiger partial charge in [-0.2, -0.15) is 21.6 Å². The highest BCUT2D eigenvalue weighted by atomic mass is 35.5. The Morgan fingerprint density at radius 3 is 2.56 bits per heavy atom. The Morgan fingerprint density at radius 1 is 1.11 bits per heavy atom. The van der Waals surface area contributed by atoms with Gasteiger partial charge in [0.15, 0.2) is 5.03 Å². The van der Waals surface area contributed by atoms with Crippen molar-refractivity contribution in [2.45, 2.75) is 31.1 Å². The van der Waals surface area contributed by atoms with Crippen molar-refractivity contribution in [3.63, 3.8) is 0 Å². The normalized spacial score (nSPS) is 16.4. The van der Waals surface area contributed by atoms with Gasteiger partial charge in [-0.1, -0.05) is 12.1 Å². The van der Waals surface area contributed by atoms with Crippen LogP contribution in [0.5, 0.6) is 0 Å². The SMILES string of the molecule is Cc1ccc(F)cc1-c1nc(NS(=O)(=O)c2cccc(N3CCNC(C)C3)n2)ccc1C(F)(F)F.Cl. The molecule has 1 fully saturated rings. The summed E-state index contributed by atoms with van der Waals surface area (Å²) in [6.07, 6.45) is -4.78. The number of aromatic nitrogens is 2. The van der Waals surface area contributed by atoms with Crippen molar-refractivity contribution in [2.75, 3.05) is 29.3 Å². The Hall–Kier alpha value is -2.96. The highest BCUT2D eigenvalue weighted by molar-refractivity contribution is 7.92. The van der Waals surface area contributed by atoms with Gasteiger partial charge < -0.3 is 10.2 Å². The molecule has 13 heteroatoms. The smallest absolute Gasteiger partial charge is 0.354 e. The third-order valence-electron chi connectivity index (χ3n) is 5.57. The Morgan fingerprint density at radius 2 is 1.86 bits per heavy atom. The third-order valence-corrected chi connectivity index (χ3v) is 6.83. The van der Waals surface area contributed by atoms with Crippen molar-refractivity contribution in [1.82, 2.24) is 15.3 Å². The van der Waals surface area contributed by atoms with E-state index in [9.17, 15) is 26.0 Å². The zero-order valence-corrected chi connectivity index (χ0v) is 20.9. The van der Waals surface area contributed by atoms with Crippen LogP contribution in [0.4, 0.5) is 29.2 Å². The summed E-state index contributed by atoms with van der Waals surface area (Å²) in [5.74, 6) is -0.618. The number of nitrogens with zero attached hydrogens (tertiary/aromatic N) is 3. The van der Waals surface area contributed by atoms with Gasteiger partial charge in [0.25, 0.3) is 10.0 Å². The predicted octanol–water partition coefficient (Wildman–Crippen LogP) is 4.63. The molecule has 194 valence electrons. The molecule has 0 radical (unpaired) electrons. The number of piperazine rings is 1. The van der Waals surface area contributed by atoms with Gasteiger partial charge >= 0.3 is 6.18 Å². The molecular weight excluding hydrogens is 522 g/mol. The van der Waals surface area contributed by atoms with Gasteiger partial charge in [-0.15, -0.1) is 12.4 Å². The zero-order chi connectivity index (χ0) is 25.4. The van der Waals surface area contributed by atoms with E-state index in [0.29, 0.717) is 24.5 Å². The first-order valence-corrected chi connectivity index (χ1v) is 12.3. The van der Waals surface area contributed by atoms with Gasteiger partial charge in [0, 0.05) is 31.2 Å². The molecule has 0 spiro atoms. The van der Waals surface area contributed by atoms with Gasteiger partial charge in [0.1, 0.15) is 17.5 Å². The average Bonchev–Trinajstić information content (AvgIpc) is 2.80. The van der Waals surface area contributed by atoms with Crippen LogP contribution in [0.15, 0.2) is 53.6 Å². The summed E-state index contributed by atoms with van der Waals surface area (Å²) in [5, 5.41) is 2.99. The summed E-state index contributed by atoms with van der Waals surface area (Å²) in [5.41, 5.74) is -1.43. The average molecular weight is 546 g/mol. The van der Waals surface area contributed by atoms with Crippen LogP contribution in [-0.2, 0) is 16.2 Å². The number of hydrogen-bond acceptors (Lipinski definition) is 6. The summed E-state index contributed by atoms with van der Waals surface area (Å²) in [7, 11) is -4.27. The fourth-order valence-electron chi connectivity index (χ4n) is 3.86. The standard InChI is InChI=1S/C23H23F4N5O2S.ClH/c1-14-6-7-16(24)12-17(14)22-18(23(25,26)27)8-9-19(29-22)31-35(33,34)21-5-3-4-20(30-21)32-11-10-28-15(2)13-32;/h3-9,12,15,28H,10-11,13H2,1-2H3,(H,29,31);1H. The second-order valence-corrected chi connectivity index (χ2v) is 9.92. The molecule has 1 aliphatic heterocycles. The molecule has 1 aliphatic rings. The molecule has 0 amide bonds. The van der Waals surface area contributed by atoms with Crippen LogP contribution in [0.1, 0.15) is 18.1 Å². The van der Waals surface area contributed by atoms with Crippen LogP contribution in [0.3, 0.4) is 0 Å². The van der Waals surface area contributed by atoms with E-state index in [0.717, 1.165) is 30.8 Å². The molecule has 2 aromatic heterocycles. The maximum atomic E-state index is 13.8. The fourth-order valence-corrected chi connectivity index (χ4v) is 4.82.